The third-order valence-electron chi connectivity index (χ3n) is 4.72. The van der Waals surface area contributed by atoms with Crippen LogP contribution in [0.2, 0.25) is 0 Å². The molecule has 0 aliphatic heterocycles. The minimum absolute atomic E-state index is 0.132. The van der Waals surface area contributed by atoms with Crippen LogP contribution in [0.5, 0.6) is 5.75 Å². The van der Waals surface area contributed by atoms with Crippen LogP contribution in [0.25, 0.3) is 11.4 Å². The SMILES string of the molecule is CS(N)(=O)=Cc1cccc(Nc2ncnc(-c3ccc(F)cc3OCc3cccc(C#N)c3)n2)c1. The summed E-state index contributed by atoms with van der Waals surface area (Å²) in [5.41, 5.74) is 3.10. The van der Waals surface area contributed by atoms with Crippen molar-refractivity contribution in [2.75, 3.05) is 11.6 Å². The number of nitrogens with two attached hydrogens (primary N) is 1. The molecule has 1 heterocycles. The van der Waals surface area contributed by atoms with Crippen LogP contribution in [0.15, 0.2) is 73.1 Å². The summed E-state index contributed by atoms with van der Waals surface area (Å²) in [4.78, 5) is 12.8. The average Bonchev–Trinajstić information content (AvgIpc) is 2.82. The van der Waals surface area contributed by atoms with Gasteiger partial charge in [0.05, 0.1) is 17.2 Å². The van der Waals surface area contributed by atoms with E-state index < -0.39 is 15.5 Å². The largest absolute Gasteiger partial charge is 0.488 e. The molecule has 0 bridgehead atoms. The molecule has 10 heteroatoms. The second-order valence-corrected chi connectivity index (χ2v) is 9.88. The highest BCUT2D eigenvalue weighted by molar-refractivity contribution is 7.98. The summed E-state index contributed by atoms with van der Waals surface area (Å²) in [6, 6.07) is 20.3. The van der Waals surface area contributed by atoms with Crippen LogP contribution in [-0.2, 0) is 16.3 Å². The van der Waals surface area contributed by atoms with Crippen molar-refractivity contribution in [1.29, 1.82) is 5.26 Å². The number of ether oxygens (including phenoxy) is 1. The van der Waals surface area contributed by atoms with E-state index >= 15 is 0 Å². The van der Waals surface area contributed by atoms with Crippen LogP contribution >= 0.6 is 0 Å². The Morgan fingerprint density at radius 3 is 2.77 bits per heavy atom. The number of aromatic nitrogens is 3. The molecule has 4 aromatic rings. The number of hydrogen-bond acceptors (Lipinski definition) is 7. The zero-order valence-corrected chi connectivity index (χ0v) is 19.5. The van der Waals surface area contributed by atoms with Crippen LogP contribution in [0.1, 0.15) is 16.7 Å². The Kier molecular flexibility index (Phi) is 7.01. The zero-order chi connectivity index (χ0) is 24.8. The van der Waals surface area contributed by atoms with Gasteiger partial charge in [-0.05, 0) is 47.5 Å². The molecule has 1 atom stereocenters. The molecule has 0 fully saturated rings. The monoisotopic (exact) mass is 488 g/mol. The van der Waals surface area contributed by atoms with E-state index in [0.29, 0.717) is 22.4 Å². The number of rotatable bonds is 7. The molecule has 3 aromatic carbocycles. The van der Waals surface area contributed by atoms with Crippen LogP contribution < -0.4 is 15.2 Å². The van der Waals surface area contributed by atoms with Gasteiger partial charge in [0, 0.05) is 33.1 Å². The molecular formula is C25H21FN6O2S. The van der Waals surface area contributed by atoms with Gasteiger partial charge in [0.15, 0.2) is 5.82 Å². The fourth-order valence-corrected chi connectivity index (χ4v) is 3.95. The third-order valence-corrected chi connectivity index (χ3v) is 5.46. The Labute approximate surface area is 202 Å². The van der Waals surface area contributed by atoms with E-state index in [0.717, 1.165) is 5.56 Å². The molecule has 0 aliphatic rings. The van der Waals surface area contributed by atoms with Gasteiger partial charge in [0.1, 0.15) is 24.5 Å². The van der Waals surface area contributed by atoms with Crippen LogP contribution in [0.4, 0.5) is 16.0 Å². The van der Waals surface area contributed by atoms with Crippen molar-refractivity contribution in [2.24, 2.45) is 5.14 Å². The molecule has 1 unspecified atom stereocenters. The lowest BCUT2D eigenvalue weighted by atomic mass is 10.1. The summed E-state index contributed by atoms with van der Waals surface area (Å²) in [5, 5.41) is 19.3. The quantitative estimate of drug-likeness (QED) is 0.379. The molecule has 8 nitrogen and oxygen atoms in total. The first-order valence-corrected chi connectivity index (χ1v) is 12.5. The van der Waals surface area contributed by atoms with Crippen molar-refractivity contribution in [3.63, 3.8) is 0 Å². The molecule has 0 saturated heterocycles. The number of benzene rings is 3. The van der Waals surface area contributed by atoms with E-state index in [1.165, 1.54) is 36.1 Å². The minimum atomic E-state index is -2.55. The van der Waals surface area contributed by atoms with E-state index in [2.05, 4.69) is 26.3 Å². The Morgan fingerprint density at radius 1 is 1.14 bits per heavy atom. The van der Waals surface area contributed by atoms with Gasteiger partial charge in [-0.15, -0.1) is 0 Å². The highest BCUT2D eigenvalue weighted by Gasteiger charge is 2.13. The second kappa shape index (κ2) is 10.3. The standard InChI is InChI=1S/C25H21FN6O2S/c1-35(28,33)15-19-6-3-7-21(11-19)31-25-30-16-29-24(32-25)22-9-8-20(26)12-23(22)34-14-18-5-2-4-17(10-18)13-27/h2-12,15-16H,14H2,1H3,(H2,28,33)(H,29,30,31,32). The molecule has 0 aliphatic carbocycles. The molecule has 3 N–H and O–H groups in total. The third kappa shape index (κ3) is 6.60. The second-order valence-electron chi connectivity index (χ2n) is 7.71. The van der Waals surface area contributed by atoms with Crippen molar-refractivity contribution in [1.82, 2.24) is 15.0 Å². The number of nitrogens with one attached hydrogen (secondary N) is 1. The summed E-state index contributed by atoms with van der Waals surface area (Å²) in [5.74, 6) is 0.322. The van der Waals surface area contributed by atoms with Gasteiger partial charge in [-0.3, -0.25) is 9.35 Å². The van der Waals surface area contributed by atoms with Gasteiger partial charge in [-0.2, -0.15) is 10.2 Å². The summed E-state index contributed by atoms with van der Waals surface area (Å²) in [7, 11) is -2.55. The molecule has 0 radical (unpaired) electrons. The fourth-order valence-electron chi connectivity index (χ4n) is 3.27. The van der Waals surface area contributed by atoms with E-state index in [1.807, 2.05) is 6.07 Å². The van der Waals surface area contributed by atoms with Gasteiger partial charge in [0.25, 0.3) is 0 Å². The smallest absolute Gasteiger partial charge is 0.230 e. The number of hydrogen-bond donors (Lipinski definition) is 2. The molecule has 0 spiro atoms. The van der Waals surface area contributed by atoms with Crippen molar-refractivity contribution in [3.8, 4) is 23.2 Å². The number of nitriles is 1. The van der Waals surface area contributed by atoms with Gasteiger partial charge in [-0.25, -0.2) is 14.4 Å². The van der Waals surface area contributed by atoms with Crippen molar-refractivity contribution < 1.29 is 13.3 Å². The summed E-state index contributed by atoms with van der Waals surface area (Å²) >= 11 is 0. The van der Waals surface area contributed by atoms with Gasteiger partial charge in [0.2, 0.25) is 5.95 Å². The van der Waals surface area contributed by atoms with Gasteiger partial charge in [-0.1, -0.05) is 24.3 Å². The number of halogens is 1. The van der Waals surface area contributed by atoms with E-state index in [9.17, 15) is 8.60 Å². The molecule has 0 saturated carbocycles. The molecule has 176 valence electrons. The normalized spacial score (nSPS) is 12.3. The first-order valence-electron chi connectivity index (χ1n) is 10.4. The predicted octanol–water partition coefficient (Wildman–Crippen LogP) is 3.81. The summed E-state index contributed by atoms with van der Waals surface area (Å²) in [6.07, 6.45) is 2.79. The number of nitrogens with zero attached hydrogens (tertiary/aromatic N) is 4. The topological polar surface area (TPSA) is 127 Å². The summed E-state index contributed by atoms with van der Waals surface area (Å²) in [6.45, 7) is 0.132. The predicted molar refractivity (Wildman–Crippen MR) is 134 cm³/mol. The van der Waals surface area contributed by atoms with Crippen molar-refractivity contribution in [3.05, 3.63) is 95.6 Å². The Morgan fingerprint density at radius 2 is 1.97 bits per heavy atom. The molecule has 4 rings (SSSR count). The lowest BCUT2D eigenvalue weighted by molar-refractivity contribution is 0.305. The van der Waals surface area contributed by atoms with Crippen LogP contribution in [0.3, 0.4) is 0 Å². The summed E-state index contributed by atoms with van der Waals surface area (Å²) < 4.78 is 31.7. The Hall–Kier alpha value is -4.33. The maximum absolute atomic E-state index is 14.0. The first-order chi connectivity index (χ1) is 16.8. The van der Waals surface area contributed by atoms with Crippen molar-refractivity contribution in [2.45, 2.75) is 6.61 Å². The Bertz CT molecular complexity index is 1540. The minimum Gasteiger partial charge on any atom is -0.488 e. The van der Waals surface area contributed by atoms with E-state index in [1.54, 1.807) is 42.5 Å². The van der Waals surface area contributed by atoms with E-state index in [-0.39, 0.29) is 24.1 Å². The van der Waals surface area contributed by atoms with Crippen LogP contribution in [-0.4, -0.2) is 30.8 Å². The lowest BCUT2D eigenvalue weighted by Gasteiger charge is -2.12. The van der Waals surface area contributed by atoms with Gasteiger partial charge >= 0.3 is 0 Å². The highest BCUT2D eigenvalue weighted by atomic mass is 32.2. The molecule has 0 amide bonds. The maximum atomic E-state index is 14.0. The average molecular weight is 489 g/mol. The van der Waals surface area contributed by atoms with Crippen molar-refractivity contribution >= 4 is 26.7 Å². The first kappa shape index (κ1) is 23.8. The molecule has 1 aromatic heterocycles. The fraction of sp³-hybridized carbons (Fsp3) is 0.0800. The lowest BCUT2D eigenvalue weighted by Crippen LogP contribution is -2.13. The van der Waals surface area contributed by atoms with E-state index in [4.69, 9.17) is 15.1 Å². The van der Waals surface area contributed by atoms with Gasteiger partial charge < -0.3 is 10.1 Å². The number of anilines is 2. The van der Waals surface area contributed by atoms with Crippen LogP contribution in [0, 0.1) is 17.1 Å². The maximum Gasteiger partial charge on any atom is 0.230 e. The highest BCUT2D eigenvalue weighted by Crippen LogP contribution is 2.29. The Balaban J connectivity index is 1.59. The molecule has 35 heavy (non-hydrogen) atoms. The molecular weight excluding hydrogens is 467 g/mol. The zero-order valence-electron chi connectivity index (χ0n) is 18.7.